The molecule has 0 aliphatic carbocycles. The lowest BCUT2D eigenvalue weighted by molar-refractivity contribution is 0.306. The van der Waals surface area contributed by atoms with Gasteiger partial charge < -0.3 is 10.5 Å². The van der Waals surface area contributed by atoms with Gasteiger partial charge in [-0.25, -0.2) is 13.1 Å². The summed E-state index contributed by atoms with van der Waals surface area (Å²) in [6.45, 7) is 2.84. The van der Waals surface area contributed by atoms with E-state index < -0.39 is 10.0 Å². The van der Waals surface area contributed by atoms with Crippen molar-refractivity contribution in [3.63, 3.8) is 0 Å². The van der Waals surface area contributed by atoms with E-state index in [2.05, 4.69) is 23.8 Å². The van der Waals surface area contributed by atoms with Crippen LogP contribution in [-0.4, -0.2) is 15.0 Å². The quantitative estimate of drug-likeness (QED) is 0.569. The summed E-state index contributed by atoms with van der Waals surface area (Å²) in [5.74, 6) is 0.763. The average Bonchev–Trinajstić information content (AvgIpc) is 2.68. The molecule has 0 aliphatic heterocycles. The van der Waals surface area contributed by atoms with Gasteiger partial charge in [0.25, 0.3) is 0 Å². The van der Waals surface area contributed by atoms with Gasteiger partial charge in [0.05, 0.1) is 4.90 Å². The lowest BCUT2D eigenvalue weighted by Crippen LogP contribution is -2.26. The zero-order valence-electron chi connectivity index (χ0n) is 15.8. The summed E-state index contributed by atoms with van der Waals surface area (Å²) < 4.78 is 33.1. The van der Waals surface area contributed by atoms with Crippen LogP contribution in [-0.2, 0) is 23.1 Å². The van der Waals surface area contributed by atoms with Gasteiger partial charge in [-0.15, -0.1) is 0 Å². The standard InChI is InChI=1S/C22H24N2O3S/c1-17-5-7-19(8-6-17)16-27-21-4-2-3-18(15-21)13-14-24-28(25,26)22-11-9-20(23)10-12-22/h2-12,15,24H,13-14,16,23H2,1H3. The highest BCUT2D eigenvalue weighted by Crippen LogP contribution is 2.16. The second kappa shape index (κ2) is 8.91. The number of anilines is 1. The zero-order valence-corrected chi connectivity index (χ0v) is 16.6. The first kappa shape index (κ1) is 19.9. The topological polar surface area (TPSA) is 81.4 Å². The molecule has 0 aliphatic rings. The normalized spacial score (nSPS) is 11.3. The van der Waals surface area contributed by atoms with Crippen LogP contribution in [0.4, 0.5) is 5.69 Å². The molecule has 0 heterocycles. The molecule has 0 atom stereocenters. The molecule has 3 N–H and O–H groups in total. The number of rotatable bonds is 8. The Morgan fingerprint density at radius 1 is 0.929 bits per heavy atom. The maximum absolute atomic E-state index is 12.3. The maximum Gasteiger partial charge on any atom is 0.240 e. The summed E-state index contributed by atoms with van der Waals surface area (Å²) in [6, 6.07) is 22.1. The minimum absolute atomic E-state index is 0.205. The van der Waals surface area contributed by atoms with E-state index in [1.165, 1.54) is 17.7 Å². The number of nitrogens with one attached hydrogen (secondary N) is 1. The molecule has 3 rings (SSSR count). The van der Waals surface area contributed by atoms with Crippen LogP contribution in [0.3, 0.4) is 0 Å². The Bertz CT molecular complexity index is 1010. The third kappa shape index (κ3) is 5.58. The summed E-state index contributed by atoms with van der Waals surface area (Å²) in [7, 11) is -3.54. The van der Waals surface area contributed by atoms with Crippen molar-refractivity contribution in [2.45, 2.75) is 24.8 Å². The Kier molecular flexibility index (Phi) is 6.34. The Labute approximate surface area is 166 Å². The van der Waals surface area contributed by atoms with Crippen molar-refractivity contribution in [2.24, 2.45) is 0 Å². The molecule has 146 valence electrons. The van der Waals surface area contributed by atoms with Gasteiger partial charge in [-0.3, -0.25) is 0 Å². The van der Waals surface area contributed by atoms with Gasteiger partial charge in [-0.2, -0.15) is 0 Å². The molecule has 5 nitrogen and oxygen atoms in total. The Morgan fingerprint density at radius 3 is 2.36 bits per heavy atom. The second-order valence-corrected chi connectivity index (χ2v) is 8.41. The van der Waals surface area contributed by atoms with Crippen molar-refractivity contribution in [3.05, 3.63) is 89.5 Å². The summed E-state index contributed by atoms with van der Waals surface area (Å²) in [6.07, 6.45) is 0.565. The first-order valence-corrected chi connectivity index (χ1v) is 10.5. The number of ether oxygens (including phenoxy) is 1. The van der Waals surface area contributed by atoms with Crippen LogP contribution < -0.4 is 15.2 Å². The Balaban J connectivity index is 1.54. The Hall–Kier alpha value is -2.83. The molecule has 0 bridgehead atoms. The van der Waals surface area contributed by atoms with E-state index in [1.807, 2.05) is 36.4 Å². The minimum atomic E-state index is -3.54. The van der Waals surface area contributed by atoms with Crippen molar-refractivity contribution in [3.8, 4) is 5.75 Å². The van der Waals surface area contributed by atoms with Gasteiger partial charge in [0, 0.05) is 12.2 Å². The summed E-state index contributed by atoms with van der Waals surface area (Å²) in [5.41, 5.74) is 9.45. The van der Waals surface area contributed by atoms with Crippen molar-refractivity contribution in [1.82, 2.24) is 4.72 Å². The molecule has 0 saturated heterocycles. The fourth-order valence-corrected chi connectivity index (χ4v) is 3.73. The SMILES string of the molecule is Cc1ccc(COc2cccc(CCNS(=O)(=O)c3ccc(N)cc3)c2)cc1. The molecule has 28 heavy (non-hydrogen) atoms. The first-order valence-electron chi connectivity index (χ1n) is 9.05. The molecule has 0 aromatic heterocycles. The number of aryl methyl sites for hydroxylation is 1. The molecule has 0 spiro atoms. The van der Waals surface area contributed by atoms with Gasteiger partial charge in [0.15, 0.2) is 0 Å². The van der Waals surface area contributed by atoms with E-state index in [0.717, 1.165) is 16.9 Å². The molecule has 3 aromatic rings. The number of benzene rings is 3. The van der Waals surface area contributed by atoms with Crippen LogP contribution in [0.1, 0.15) is 16.7 Å². The fourth-order valence-electron chi connectivity index (χ4n) is 2.70. The van der Waals surface area contributed by atoms with E-state index in [1.54, 1.807) is 12.1 Å². The predicted octanol–water partition coefficient (Wildman–Crippen LogP) is 3.68. The van der Waals surface area contributed by atoms with Crippen molar-refractivity contribution in [1.29, 1.82) is 0 Å². The largest absolute Gasteiger partial charge is 0.489 e. The van der Waals surface area contributed by atoms with Crippen LogP contribution >= 0.6 is 0 Å². The van der Waals surface area contributed by atoms with Gasteiger partial charge in [-0.1, -0.05) is 42.0 Å². The summed E-state index contributed by atoms with van der Waals surface area (Å²) >= 11 is 0. The second-order valence-electron chi connectivity index (χ2n) is 6.64. The highest BCUT2D eigenvalue weighted by molar-refractivity contribution is 7.89. The molecule has 0 saturated carbocycles. The molecule has 0 fully saturated rings. The van der Waals surface area contributed by atoms with Gasteiger partial charge in [0.2, 0.25) is 10.0 Å². The summed E-state index contributed by atoms with van der Waals surface area (Å²) in [4.78, 5) is 0.205. The van der Waals surface area contributed by atoms with Crippen LogP contribution in [0.2, 0.25) is 0 Å². The number of nitrogens with two attached hydrogens (primary N) is 1. The van der Waals surface area contributed by atoms with E-state index in [-0.39, 0.29) is 4.90 Å². The molecular formula is C22H24N2O3S. The average molecular weight is 397 g/mol. The van der Waals surface area contributed by atoms with E-state index in [0.29, 0.717) is 25.3 Å². The highest BCUT2D eigenvalue weighted by Gasteiger charge is 2.12. The molecule has 0 radical (unpaired) electrons. The molecule has 6 heteroatoms. The number of hydrogen-bond acceptors (Lipinski definition) is 4. The number of nitrogen functional groups attached to an aromatic ring is 1. The van der Waals surface area contributed by atoms with Crippen molar-refractivity contribution in [2.75, 3.05) is 12.3 Å². The zero-order chi connectivity index (χ0) is 20.0. The van der Waals surface area contributed by atoms with Crippen LogP contribution in [0.5, 0.6) is 5.75 Å². The van der Waals surface area contributed by atoms with E-state index in [4.69, 9.17) is 10.5 Å². The van der Waals surface area contributed by atoms with Gasteiger partial charge >= 0.3 is 0 Å². The third-order valence-corrected chi connectivity index (χ3v) is 5.80. The molecule has 3 aromatic carbocycles. The third-order valence-electron chi connectivity index (χ3n) is 4.32. The molecule has 0 amide bonds. The fraction of sp³-hybridized carbons (Fsp3) is 0.182. The summed E-state index contributed by atoms with van der Waals surface area (Å²) in [5, 5.41) is 0. The van der Waals surface area contributed by atoms with Crippen molar-refractivity contribution < 1.29 is 13.2 Å². The minimum Gasteiger partial charge on any atom is -0.489 e. The van der Waals surface area contributed by atoms with Crippen LogP contribution in [0.25, 0.3) is 0 Å². The van der Waals surface area contributed by atoms with Crippen molar-refractivity contribution >= 4 is 15.7 Å². The predicted molar refractivity (Wildman–Crippen MR) is 112 cm³/mol. The smallest absolute Gasteiger partial charge is 0.240 e. The van der Waals surface area contributed by atoms with Crippen LogP contribution in [0.15, 0.2) is 77.7 Å². The molecular weight excluding hydrogens is 372 g/mol. The van der Waals surface area contributed by atoms with Gasteiger partial charge in [-0.05, 0) is 60.9 Å². The maximum atomic E-state index is 12.3. The van der Waals surface area contributed by atoms with Gasteiger partial charge in [0.1, 0.15) is 12.4 Å². The highest BCUT2D eigenvalue weighted by atomic mass is 32.2. The lowest BCUT2D eigenvalue weighted by Gasteiger charge is -2.10. The number of sulfonamides is 1. The monoisotopic (exact) mass is 396 g/mol. The Morgan fingerprint density at radius 2 is 1.64 bits per heavy atom. The van der Waals surface area contributed by atoms with E-state index in [9.17, 15) is 8.42 Å². The molecule has 0 unspecified atom stereocenters. The number of hydrogen-bond donors (Lipinski definition) is 2. The van der Waals surface area contributed by atoms with Crippen LogP contribution in [0, 0.1) is 6.92 Å². The lowest BCUT2D eigenvalue weighted by atomic mass is 10.1. The first-order chi connectivity index (χ1) is 13.4. The van der Waals surface area contributed by atoms with E-state index >= 15 is 0 Å².